The van der Waals surface area contributed by atoms with E-state index in [9.17, 15) is 9.59 Å². The first-order valence-corrected chi connectivity index (χ1v) is 7.28. The number of ether oxygens (including phenoxy) is 1. The van der Waals surface area contributed by atoms with Crippen molar-refractivity contribution in [1.82, 2.24) is 5.32 Å². The van der Waals surface area contributed by atoms with E-state index in [1.165, 1.54) is 0 Å². The van der Waals surface area contributed by atoms with E-state index in [0.717, 1.165) is 18.4 Å². The molecular weight excluding hydrogens is 270 g/mol. The Hall–Kier alpha value is -2.04. The fourth-order valence-corrected chi connectivity index (χ4v) is 2.03. The van der Waals surface area contributed by atoms with E-state index in [-0.39, 0.29) is 13.0 Å². The Balaban J connectivity index is 2.16. The Kier molecular flexibility index (Phi) is 7.94. The first-order chi connectivity index (χ1) is 10.1. The lowest BCUT2D eigenvalue weighted by molar-refractivity contribution is -0.137. The van der Waals surface area contributed by atoms with Crippen molar-refractivity contribution in [2.45, 2.75) is 39.2 Å². The first kappa shape index (κ1) is 17.0. The Morgan fingerprint density at radius 3 is 2.57 bits per heavy atom. The van der Waals surface area contributed by atoms with Gasteiger partial charge < -0.3 is 15.2 Å². The molecule has 1 amide bonds. The number of amides is 1. The summed E-state index contributed by atoms with van der Waals surface area (Å²) >= 11 is 0. The molecule has 1 unspecified atom stereocenters. The number of rotatable bonds is 9. The maximum Gasteiger partial charge on any atom is 0.407 e. The number of carbonyl (C=O) groups excluding carboxylic acids is 1. The minimum absolute atomic E-state index is 0.178. The van der Waals surface area contributed by atoms with E-state index < -0.39 is 12.1 Å². The highest BCUT2D eigenvalue weighted by Crippen LogP contribution is 2.14. The molecule has 0 fully saturated rings. The molecule has 1 aromatic rings. The fraction of sp³-hybridized carbons (Fsp3) is 0.500. The predicted molar refractivity (Wildman–Crippen MR) is 79.9 cm³/mol. The number of carboxylic acids is 1. The second-order valence-corrected chi connectivity index (χ2v) is 4.98. The lowest BCUT2D eigenvalue weighted by Crippen LogP contribution is -2.26. The summed E-state index contributed by atoms with van der Waals surface area (Å²) in [4.78, 5) is 22.1. The molecule has 0 aliphatic carbocycles. The zero-order valence-corrected chi connectivity index (χ0v) is 12.4. The number of carbonyl (C=O) groups is 2. The van der Waals surface area contributed by atoms with Crippen molar-refractivity contribution in [1.29, 1.82) is 0 Å². The van der Waals surface area contributed by atoms with Crippen molar-refractivity contribution in [2.24, 2.45) is 5.92 Å². The molecule has 0 radical (unpaired) electrons. The zero-order chi connectivity index (χ0) is 15.5. The van der Waals surface area contributed by atoms with Crippen LogP contribution in [0.15, 0.2) is 30.3 Å². The third-order valence-electron chi connectivity index (χ3n) is 3.38. The van der Waals surface area contributed by atoms with Gasteiger partial charge in [-0.1, -0.05) is 43.7 Å². The molecule has 116 valence electrons. The SMILES string of the molecule is CCC(CCNC(=O)OCc1ccccc1)CCC(=O)O. The monoisotopic (exact) mass is 293 g/mol. The average molecular weight is 293 g/mol. The van der Waals surface area contributed by atoms with Crippen LogP contribution in [0, 0.1) is 5.92 Å². The van der Waals surface area contributed by atoms with Crippen LogP contribution in [-0.4, -0.2) is 23.7 Å². The van der Waals surface area contributed by atoms with E-state index in [0.29, 0.717) is 18.9 Å². The fourth-order valence-electron chi connectivity index (χ4n) is 2.03. The molecular formula is C16H23NO4. The van der Waals surface area contributed by atoms with Crippen molar-refractivity contribution >= 4 is 12.1 Å². The van der Waals surface area contributed by atoms with Crippen molar-refractivity contribution in [3.05, 3.63) is 35.9 Å². The molecule has 1 rings (SSSR count). The Labute approximate surface area is 125 Å². The largest absolute Gasteiger partial charge is 0.481 e. The highest BCUT2D eigenvalue weighted by atomic mass is 16.5. The molecule has 0 aromatic heterocycles. The van der Waals surface area contributed by atoms with Gasteiger partial charge in [0.15, 0.2) is 0 Å². The maximum atomic E-state index is 11.5. The van der Waals surface area contributed by atoms with Gasteiger partial charge in [0.1, 0.15) is 6.61 Å². The van der Waals surface area contributed by atoms with Gasteiger partial charge in [0.05, 0.1) is 0 Å². The number of carboxylic acid groups (broad SMARTS) is 1. The van der Waals surface area contributed by atoms with E-state index in [1.807, 2.05) is 37.3 Å². The quantitative estimate of drug-likeness (QED) is 0.733. The van der Waals surface area contributed by atoms with E-state index in [4.69, 9.17) is 9.84 Å². The third-order valence-corrected chi connectivity index (χ3v) is 3.38. The third kappa shape index (κ3) is 7.97. The number of hydrogen-bond acceptors (Lipinski definition) is 3. The second kappa shape index (κ2) is 9.80. The summed E-state index contributed by atoms with van der Waals surface area (Å²) in [6, 6.07) is 9.49. The van der Waals surface area contributed by atoms with Gasteiger partial charge in [0.25, 0.3) is 0 Å². The summed E-state index contributed by atoms with van der Waals surface area (Å²) in [5.74, 6) is -0.459. The molecule has 1 atom stereocenters. The van der Waals surface area contributed by atoms with Gasteiger partial charge in [-0.05, 0) is 24.3 Å². The zero-order valence-electron chi connectivity index (χ0n) is 12.4. The van der Waals surface area contributed by atoms with Crippen LogP contribution in [0.25, 0.3) is 0 Å². The van der Waals surface area contributed by atoms with E-state index in [1.54, 1.807) is 0 Å². The van der Waals surface area contributed by atoms with Crippen LogP contribution in [0.4, 0.5) is 4.79 Å². The highest BCUT2D eigenvalue weighted by molar-refractivity contribution is 5.67. The summed E-state index contributed by atoms with van der Waals surface area (Å²) in [6.45, 7) is 2.79. The van der Waals surface area contributed by atoms with Crippen molar-refractivity contribution in [3.8, 4) is 0 Å². The number of nitrogens with one attached hydrogen (secondary N) is 1. The van der Waals surface area contributed by atoms with Gasteiger partial charge in [-0.25, -0.2) is 4.79 Å². The van der Waals surface area contributed by atoms with Crippen LogP contribution >= 0.6 is 0 Å². The molecule has 0 saturated heterocycles. The molecule has 0 spiro atoms. The lowest BCUT2D eigenvalue weighted by atomic mass is 9.97. The molecule has 5 heteroatoms. The highest BCUT2D eigenvalue weighted by Gasteiger charge is 2.10. The van der Waals surface area contributed by atoms with Crippen molar-refractivity contribution in [2.75, 3.05) is 6.54 Å². The molecule has 0 saturated carbocycles. The van der Waals surface area contributed by atoms with Gasteiger partial charge in [-0.2, -0.15) is 0 Å². The smallest absolute Gasteiger partial charge is 0.407 e. The maximum absolute atomic E-state index is 11.5. The number of aliphatic carboxylic acids is 1. The van der Waals surface area contributed by atoms with Crippen LogP contribution in [0.1, 0.15) is 38.2 Å². The van der Waals surface area contributed by atoms with Gasteiger partial charge in [-0.3, -0.25) is 4.79 Å². The summed E-state index contributed by atoms with van der Waals surface area (Å²) in [7, 11) is 0. The summed E-state index contributed by atoms with van der Waals surface area (Å²) in [5.41, 5.74) is 0.945. The second-order valence-electron chi connectivity index (χ2n) is 4.98. The van der Waals surface area contributed by atoms with Crippen LogP contribution < -0.4 is 5.32 Å². The van der Waals surface area contributed by atoms with Crippen LogP contribution in [0.5, 0.6) is 0 Å². The van der Waals surface area contributed by atoms with E-state index in [2.05, 4.69) is 5.32 Å². The first-order valence-electron chi connectivity index (χ1n) is 7.28. The average Bonchev–Trinajstić information content (AvgIpc) is 2.49. The van der Waals surface area contributed by atoms with Gasteiger partial charge in [-0.15, -0.1) is 0 Å². The molecule has 21 heavy (non-hydrogen) atoms. The van der Waals surface area contributed by atoms with Crippen LogP contribution in [0.2, 0.25) is 0 Å². The minimum Gasteiger partial charge on any atom is -0.481 e. The minimum atomic E-state index is -0.774. The molecule has 0 heterocycles. The molecule has 1 aromatic carbocycles. The van der Waals surface area contributed by atoms with Gasteiger partial charge in [0.2, 0.25) is 0 Å². The Morgan fingerprint density at radius 1 is 1.24 bits per heavy atom. The predicted octanol–water partition coefficient (Wildman–Crippen LogP) is 3.19. The summed E-state index contributed by atoms with van der Waals surface area (Å²) in [5, 5.41) is 11.4. The normalized spacial score (nSPS) is 11.7. The topological polar surface area (TPSA) is 75.6 Å². The molecule has 0 aliphatic heterocycles. The standard InChI is InChI=1S/C16H23NO4/c1-2-13(8-9-15(18)19)10-11-17-16(20)21-12-14-6-4-3-5-7-14/h3-7,13H,2,8-12H2,1H3,(H,17,20)(H,18,19). The Bertz CT molecular complexity index is 433. The van der Waals surface area contributed by atoms with Crippen LogP contribution in [-0.2, 0) is 16.1 Å². The molecule has 0 aliphatic rings. The molecule has 5 nitrogen and oxygen atoms in total. The number of alkyl carbamates (subject to hydrolysis) is 1. The number of hydrogen-bond donors (Lipinski definition) is 2. The number of benzene rings is 1. The van der Waals surface area contributed by atoms with Crippen molar-refractivity contribution in [3.63, 3.8) is 0 Å². The van der Waals surface area contributed by atoms with Gasteiger partial charge >= 0.3 is 12.1 Å². The summed E-state index contributed by atoms with van der Waals surface area (Å²) < 4.78 is 5.10. The van der Waals surface area contributed by atoms with Crippen molar-refractivity contribution < 1.29 is 19.4 Å². The summed E-state index contributed by atoms with van der Waals surface area (Å²) in [6.07, 6.45) is 2.06. The lowest BCUT2D eigenvalue weighted by Gasteiger charge is -2.14. The molecule has 2 N–H and O–H groups in total. The van der Waals surface area contributed by atoms with Gasteiger partial charge in [0, 0.05) is 13.0 Å². The van der Waals surface area contributed by atoms with Crippen LogP contribution in [0.3, 0.4) is 0 Å². The van der Waals surface area contributed by atoms with E-state index >= 15 is 0 Å². The molecule has 0 bridgehead atoms. The Morgan fingerprint density at radius 2 is 1.95 bits per heavy atom.